The van der Waals surface area contributed by atoms with Crippen molar-refractivity contribution in [2.45, 2.75) is 22.3 Å². The van der Waals surface area contributed by atoms with Crippen LogP contribution in [0.2, 0.25) is 3.67 Å². The summed E-state index contributed by atoms with van der Waals surface area (Å²) in [4.78, 5) is 23.5. The standard InChI is InChI=1S/C16H12NO2S.In/c1-2-3-5-10-13(12-8-6-4-7-9-12)11-14-15(18)17-16(19)20-14;/h4,6-8,11,14H,5H2,1H3,(H,17,18,19);. The van der Waals surface area contributed by atoms with E-state index in [-0.39, 0.29) is 16.4 Å². The molecule has 21 heavy (non-hydrogen) atoms. The van der Waals surface area contributed by atoms with Gasteiger partial charge in [0.15, 0.2) is 0 Å². The molecule has 0 aliphatic carbocycles. The van der Waals surface area contributed by atoms with Crippen LogP contribution in [0.5, 0.6) is 0 Å². The predicted octanol–water partition coefficient (Wildman–Crippen LogP) is 1.84. The normalized spacial score (nSPS) is 25.3. The Kier molecular flexibility index (Phi) is 3.20. The molecule has 1 fully saturated rings. The first-order valence-electron chi connectivity index (χ1n) is 6.95. The third-order valence-corrected chi connectivity index (χ3v) is 17.4. The van der Waals surface area contributed by atoms with Crippen molar-refractivity contribution in [1.29, 1.82) is 0 Å². The van der Waals surface area contributed by atoms with Crippen molar-refractivity contribution < 1.29 is 9.59 Å². The van der Waals surface area contributed by atoms with Crippen molar-refractivity contribution in [3.8, 4) is 11.8 Å². The van der Waals surface area contributed by atoms with Crippen LogP contribution in [0.15, 0.2) is 27.6 Å². The summed E-state index contributed by atoms with van der Waals surface area (Å²) in [6.07, 6.45) is 0.852. The third kappa shape index (κ3) is 1.85. The van der Waals surface area contributed by atoms with E-state index in [0.717, 1.165) is 6.42 Å². The quantitative estimate of drug-likeness (QED) is 0.776. The molecule has 3 nitrogen and oxygen atoms in total. The van der Waals surface area contributed by atoms with Gasteiger partial charge in [0.05, 0.1) is 0 Å². The second-order valence-corrected chi connectivity index (χ2v) is 15.1. The Bertz CT molecular complexity index is 774. The number of amides is 2. The van der Waals surface area contributed by atoms with E-state index in [9.17, 15) is 9.59 Å². The topological polar surface area (TPSA) is 46.2 Å². The van der Waals surface area contributed by atoms with Crippen molar-refractivity contribution in [3.63, 3.8) is 0 Å². The van der Waals surface area contributed by atoms with Gasteiger partial charge < -0.3 is 0 Å². The van der Waals surface area contributed by atoms with E-state index in [4.69, 9.17) is 0 Å². The molecular formula is C16H12InNO2S. The van der Waals surface area contributed by atoms with E-state index < -0.39 is 21.4 Å². The average Bonchev–Trinajstić information content (AvgIpc) is 3.07. The Labute approximate surface area is 135 Å². The Morgan fingerprint density at radius 1 is 1.33 bits per heavy atom. The van der Waals surface area contributed by atoms with Crippen molar-refractivity contribution in [2.24, 2.45) is 0 Å². The molecule has 3 aliphatic heterocycles. The number of carbonyl (C=O) groups is 2. The zero-order chi connectivity index (χ0) is 14.6. The van der Waals surface area contributed by atoms with Gasteiger partial charge in [-0.15, -0.1) is 0 Å². The molecule has 1 aromatic carbocycles. The Morgan fingerprint density at radius 2 is 2.14 bits per heavy atom. The van der Waals surface area contributed by atoms with Crippen LogP contribution in [0, 0.1) is 11.8 Å². The minimum absolute atomic E-state index is 0.0948. The van der Waals surface area contributed by atoms with E-state index in [2.05, 4.69) is 41.4 Å². The molecule has 3 aliphatic rings. The van der Waals surface area contributed by atoms with Gasteiger partial charge in [-0.05, 0) is 0 Å². The number of imide groups is 1. The first kappa shape index (κ1) is 13.5. The summed E-state index contributed by atoms with van der Waals surface area (Å²) in [5.74, 6) is 6.07. The van der Waals surface area contributed by atoms with Crippen LogP contribution in [-0.2, 0) is 4.79 Å². The van der Waals surface area contributed by atoms with Gasteiger partial charge in [0.25, 0.3) is 0 Å². The van der Waals surface area contributed by atoms with Crippen molar-refractivity contribution >= 4 is 53.2 Å². The summed E-state index contributed by atoms with van der Waals surface area (Å²) in [6.45, 7) is 1.87. The molecule has 2 unspecified atom stereocenters. The van der Waals surface area contributed by atoms with E-state index in [0.29, 0.717) is 3.67 Å². The predicted molar refractivity (Wildman–Crippen MR) is 85.5 cm³/mol. The van der Waals surface area contributed by atoms with Gasteiger partial charge in [-0.3, -0.25) is 0 Å². The summed E-state index contributed by atoms with van der Waals surface area (Å²) < 4.78 is 3.39. The van der Waals surface area contributed by atoms with Crippen molar-refractivity contribution in [2.75, 3.05) is 0 Å². The maximum absolute atomic E-state index is 12.0. The number of benzene rings is 1. The summed E-state index contributed by atoms with van der Waals surface area (Å²) >= 11 is -0.974. The van der Waals surface area contributed by atoms with Crippen LogP contribution in [0.4, 0.5) is 4.79 Å². The van der Waals surface area contributed by atoms with Crippen LogP contribution in [-0.4, -0.2) is 37.8 Å². The molecule has 0 radical (unpaired) electrons. The molecule has 1 saturated heterocycles. The number of hydrogen-bond acceptors (Lipinski definition) is 3. The maximum atomic E-state index is 12.0. The minimum atomic E-state index is -2.16. The number of thioether (sulfide) groups is 1. The third-order valence-electron chi connectivity index (χ3n) is 4.50. The van der Waals surface area contributed by atoms with Gasteiger partial charge in [0.2, 0.25) is 0 Å². The molecular weight excluding hydrogens is 385 g/mol. The fourth-order valence-electron chi connectivity index (χ4n) is 3.74. The molecule has 0 saturated carbocycles. The fourth-order valence-corrected chi connectivity index (χ4v) is 17.9. The van der Waals surface area contributed by atoms with Gasteiger partial charge in [-0.25, -0.2) is 0 Å². The monoisotopic (exact) mass is 397 g/mol. The van der Waals surface area contributed by atoms with Crippen LogP contribution in [0.25, 0.3) is 5.57 Å². The van der Waals surface area contributed by atoms with Crippen LogP contribution < -0.4 is 8.64 Å². The van der Waals surface area contributed by atoms with Crippen LogP contribution >= 0.6 is 11.8 Å². The molecule has 0 spiro atoms. The first-order chi connectivity index (χ1) is 10.2. The van der Waals surface area contributed by atoms with E-state index in [1.54, 1.807) is 3.33 Å². The molecule has 2 amide bonds. The fraction of sp³-hybridized carbons (Fsp3) is 0.250. The van der Waals surface area contributed by atoms with Gasteiger partial charge in [-0.2, -0.15) is 0 Å². The number of hydrogen-bond donors (Lipinski definition) is 1. The van der Waals surface area contributed by atoms with Gasteiger partial charge in [0.1, 0.15) is 0 Å². The molecule has 1 aromatic rings. The van der Waals surface area contributed by atoms with Gasteiger partial charge in [-0.1, -0.05) is 0 Å². The second kappa shape index (κ2) is 4.96. The summed E-state index contributed by atoms with van der Waals surface area (Å²) in [7, 11) is 0. The van der Waals surface area contributed by atoms with Crippen molar-refractivity contribution in [1.82, 2.24) is 5.32 Å². The SMILES string of the molecule is CC#CC[C]1=C2c3cccc[c]3[In]1[CH]2C1SC(=O)NC1=O. The summed E-state index contributed by atoms with van der Waals surface area (Å²) in [6, 6.07) is 8.54. The second-order valence-electron chi connectivity index (χ2n) is 5.45. The molecule has 0 aromatic heterocycles. The number of carbonyl (C=O) groups excluding carboxylic acids is 2. The van der Waals surface area contributed by atoms with Gasteiger partial charge >= 0.3 is 135 Å². The summed E-state index contributed by atoms with van der Waals surface area (Å²) in [5.41, 5.74) is 2.68. The Morgan fingerprint density at radius 3 is 2.81 bits per heavy atom. The molecule has 2 bridgehead atoms. The molecule has 5 heteroatoms. The first-order valence-corrected chi connectivity index (χ1v) is 13.0. The van der Waals surface area contributed by atoms with Gasteiger partial charge in [0, 0.05) is 0 Å². The number of nitrogens with one attached hydrogen (secondary N) is 1. The van der Waals surface area contributed by atoms with Crippen LogP contribution in [0.3, 0.4) is 0 Å². The Hall–Kier alpha value is -1.12. The van der Waals surface area contributed by atoms with E-state index >= 15 is 0 Å². The van der Waals surface area contributed by atoms with E-state index in [1.807, 2.05) is 6.92 Å². The molecule has 2 atom stereocenters. The molecule has 102 valence electrons. The average molecular weight is 397 g/mol. The number of fused-ring (bicyclic) bond motifs is 5. The van der Waals surface area contributed by atoms with Crippen LogP contribution in [0.1, 0.15) is 18.9 Å². The molecule has 1 N–H and O–H groups in total. The number of allylic oxidation sites excluding steroid dienone is 2. The zero-order valence-corrected chi connectivity index (χ0v) is 15.6. The zero-order valence-electron chi connectivity index (χ0n) is 11.5. The molecule has 3 heterocycles. The van der Waals surface area contributed by atoms with Crippen molar-refractivity contribution in [3.05, 3.63) is 33.2 Å². The van der Waals surface area contributed by atoms with E-state index in [1.165, 1.54) is 26.2 Å². The number of rotatable bonds is 2. The molecule has 4 rings (SSSR count). The summed E-state index contributed by atoms with van der Waals surface area (Å²) in [5, 5.41) is 2.05. The Balaban J connectivity index is 1.75.